The number of hydrogen-bond acceptors (Lipinski definition) is 5. The molecule has 1 saturated heterocycles. The average Bonchev–Trinajstić information content (AvgIpc) is 3.22. The van der Waals surface area contributed by atoms with E-state index < -0.39 is 5.92 Å². The summed E-state index contributed by atoms with van der Waals surface area (Å²) in [6.45, 7) is 3.68. The number of rotatable bonds is 4. The van der Waals surface area contributed by atoms with Crippen molar-refractivity contribution in [1.82, 2.24) is 9.97 Å². The number of carbonyl (C=O) groups excluding carboxylic acids is 2. The van der Waals surface area contributed by atoms with Crippen LogP contribution in [0.3, 0.4) is 0 Å². The monoisotopic (exact) mass is 381 g/mol. The fraction of sp³-hybridized carbons (Fsp3) is 0.400. The summed E-state index contributed by atoms with van der Waals surface area (Å²) in [6.07, 6.45) is 2.90. The fourth-order valence-corrected chi connectivity index (χ4v) is 3.72. The zero-order valence-electron chi connectivity index (χ0n) is 15.7. The second kappa shape index (κ2) is 7.46. The zero-order chi connectivity index (χ0) is 19.7. The zero-order valence-corrected chi connectivity index (χ0v) is 15.7. The highest BCUT2D eigenvalue weighted by molar-refractivity contribution is 6.04. The number of aromatic amines is 1. The second-order valence-electron chi connectivity index (χ2n) is 7.19. The number of hydrogen-bond donors (Lipinski definition) is 3. The van der Waals surface area contributed by atoms with E-state index in [4.69, 9.17) is 0 Å². The Morgan fingerprint density at radius 2 is 1.93 bits per heavy atom. The van der Waals surface area contributed by atoms with Crippen molar-refractivity contribution >= 4 is 29.3 Å². The van der Waals surface area contributed by atoms with Crippen LogP contribution >= 0.6 is 0 Å². The highest BCUT2D eigenvalue weighted by Crippen LogP contribution is 2.30. The van der Waals surface area contributed by atoms with Crippen molar-refractivity contribution < 1.29 is 9.59 Å². The van der Waals surface area contributed by atoms with Crippen molar-refractivity contribution in [2.24, 2.45) is 0 Å². The maximum absolute atomic E-state index is 12.8. The number of carbonyl (C=O) groups is 2. The van der Waals surface area contributed by atoms with Crippen molar-refractivity contribution in [3.05, 3.63) is 45.7 Å². The third kappa shape index (κ3) is 3.49. The number of nitrogens with zero attached hydrogens (tertiary/aromatic N) is 2. The first kappa shape index (κ1) is 18.2. The highest BCUT2D eigenvalue weighted by atomic mass is 16.2. The molecule has 8 nitrogen and oxygen atoms in total. The van der Waals surface area contributed by atoms with Gasteiger partial charge in [-0.05, 0) is 37.0 Å². The Hall–Kier alpha value is -3.16. The predicted molar refractivity (Wildman–Crippen MR) is 107 cm³/mol. The molecule has 2 aliphatic rings. The smallest absolute Gasteiger partial charge is 0.258 e. The van der Waals surface area contributed by atoms with Gasteiger partial charge in [-0.15, -0.1) is 0 Å². The van der Waals surface area contributed by atoms with Gasteiger partial charge >= 0.3 is 0 Å². The standard InChI is InChI=1S/C20H23N5O3/c1-2-12-5-7-13(8-6-12)21-18(27)14-11-15(26)22-17-16(14)19(28)24-20(23-17)25-9-3-4-10-25/h5-8,14H,2-4,9-11H2,1H3,(H,21,27)(H2,22,23,24,26,28)/t14-/m1/s1. The van der Waals surface area contributed by atoms with Crippen LogP contribution < -0.4 is 21.1 Å². The first-order valence-electron chi connectivity index (χ1n) is 9.64. The topological polar surface area (TPSA) is 107 Å². The molecule has 0 bridgehead atoms. The molecule has 8 heteroatoms. The second-order valence-corrected chi connectivity index (χ2v) is 7.19. The van der Waals surface area contributed by atoms with Gasteiger partial charge in [-0.25, -0.2) is 0 Å². The molecule has 0 aliphatic carbocycles. The highest BCUT2D eigenvalue weighted by Gasteiger charge is 2.35. The molecule has 2 aliphatic heterocycles. The molecule has 3 N–H and O–H groups in total. The van der Waals surface area contributed by atoms with Crippen molar-refractivity contribution in [3.8, 4) is 0 Å². The van der Waals surface area contributed by atoms with Gasteiger partial charge in [0.1, 0.15) is 5.82 Å². The van der Waals surface area contributed by atoms with Gasteiger partial charge in [0.05, 0.1) is 11.5 Å². The molecule has 1 atom stereocenters. The van der Waals surface area contributed by atoms with Gasteiger partial charge in [0.2, 0.25) is 17.8 Å². The number of aryl methyl sites for hydroxylation is 1. The molecular weight excluding hydrogens is 358 g/mol. The summed E-state index contributed by atoms with van der Waals surface area (Å²) in [7, 11) is 0. The molecule has 3 heterocycles. The van der Waals surface area contributed by atoms with Gasteiger partial charge in [0, 0.05) is 25.2 Å². The lowest BCUT2D eigenvalue weighted by Crippen LogP contribution is -2.37. The van der Waals surface area contributed by atoms with E-state index in [0.717, 1.165) is 37.9 Å². The summed E-state index contributed by atoms with van der Waals surface area (Å²) in [5, 5.41) is 5.46. The third-order valence-corrected chi connectivity index (χ3v) is 5.29. The normalized spacial score (nSPS) is 18.5. The average molecular weight is 381 g/mol. The SMILES string of the molecule is CCc1ccc(NC(=O)[C@@H]2CC(=O)Nc3nc(N4CCCC4)[nH]c(=O)c32)cc1. The van der Waals surface area contributed by atoms with Gasteiger partial charge in [-0.3, -0.25) is 19.4 Å². The molecule has 4 rings (SSSR count). The number of amides is 2. The lowest BCUT2D eigenvalue weighted by atomic mass is 9.92. The van der Waals surface area contributed by atoms with Gasteiger partial charge in [-0.2, -0.15) is 4.98 Å². The third-order valence-electron chi connectivity index (χ3n) is 5.29. The van der Waals surface area contributed by atoms with Gasteiger partial charge < -0.3 is 15.5 Å². The molecule has 2 aromatic rings. The number of aromatic nitrogens is 2. The Kier molecular flexibility index (Phi) is 4.85. The number of nitrogens with one attached hydrogen (secondary N) is 3. The van der Waals surface area contributed by atoms with E-state index in [1.54, 1.807) is 0 Å². The molecule has 146 valence electrons. The van der Waals surface area contributed by atoms with Crippen LogP contribution in [-0.2, 0) is 16.0 Å². The molecule has 1 aromatic carbocycles. The Bertz CT molecular complexity index is 961. The first-order valence-corrected chi connectivity index (χ1v) is 9.64. The molecule has 0 spiro atoms. The summed E-state index contributed by atoms with van der Waals surface area (Å²) in [6, 6.07) is 7.51. The van der Waals surface area contributed by atoms with E-state index >= 15 is 0 Å². The van der Waals surface area contributed by atoms with E-state index in [1.165, 1.54) is 0 Å². The van der Waals surface area contributed by atoms with Crippen LogP contribution in [0.5, 0.6) is 0 Å². The van der Waals surface area contributed by atoms with Crippen molar-refractivity contribution in [2.45, 2.75) is 38.5 Å². The van der Waals surface area contributed by atoms with Crippen LogP contribution in [-0.4, -0.2) is 34.9 Å². The lowest BCUT2D eigenvalue weighted by molar-refractivity contribution is -0.123. The number of anilines is 3. The van der Waals surface area contributed by atoms with E-state index in [9.17, 15) is 14.4 Å². The predicted octanol–water partition coefficient (Wildman–Crippen LogP) is 2.00. The Balaban J connectivity index is 1.62. The Labute approximate surface area is 162 Å². The first-order chi connectivity index (χ1) is 13.5. The summed E-state index contributed by atoms with van der Waals surface area (Å²) < 4.78 is 0. The minimum atomic E-state index is -0.876. The van der Waals surface area contributed by atoms with Crippen LogP contribution in [0.4, 0.5) is 17.5 Å². The molecule has 0 unspecified atom stereocenters. The van der Waals surface area contributed by atoms with Crippen LogP contribution in [0.1, 0.15) is 43.2 Å². The number of fused-ring (bicyclic) bond motifs is 1. The summed E-state index contributed by atoms with van der Waals surface area (Å²) in [5.74, 6) is -0.958. The Morgan fingerprint density at radius 1 is 1.21 bits per heavy atom. The minimum absolute atomic E-state index is 0.0836. The van der Waals surface area contributed by atoms with Gasteiger partial charge in [0.15, 0.2) is 0 Å². The van der Waals surface area contributed by atoms with Crippen molar-refractivity contribution in [3.63, 3.8) is 0 Å². The molecular formula is C20H23N5O3. The maximum atomic E-state index is 12.8. The van der Waals surface area contributed by atoms with Gasteiger partial charge in [0.25, 0.3) is 5.56 Å². The quantitative estimate of drug-likeness (QED) is 0.751. The summed E-state index contributed by atoms with van der Waals surface area (Å²) in [4.78, 5) is 46.9. The molecule has 0 radical (unpaired) electrons. The summed E-state index contributed by atoms with van der Waals surface area (Å²) in [5.41, 5.74) is 1.63. The minimum Gasteiger partial charge on any atom is -0.342 e. The van der Waals surface area contributed by atoms with Crippen LogP contribution in [0.15, 0.2) is 29.1 Å². The van der Waals surface area contributed by atoms with Crippen molar-refractivity contribution in [2.75, 3.05) is 28.6 Å². The number of benzene rings is 1. The van der Waals surface area contributed by atoms with Gasteiger partial charge in [-0.1, -0.05) is 19.1 Å². The maximum Gasteiger partial charge on any atom is 0.258 e. The Morgan fingerprint density at radius 3 is 2.61 bits per heavy atom. The summed E-state index contributed by atoms with van der Waals surface area (Å²) >= 11 is 0. The van der Waals surface area contributed by atoms with E-state index in [-0.39, 0.29) is 35.2 Å². The molecule has 2 amide bonds. The lowest BCUT2D eigenvalue weighted by Gasteiger charge is -2.25. The van der Waals surface area contributed by atoms with E-state index in [2.05, 4.69) is 27.5 Å². The van der Waals surface area contributed by atoms with E-state index in [1.807, 2.05) is 29.2 Å². The molecule has 1 fully saturated rings. The largest absolute Gasteiger partial charge is 0.342 e. The molecule has 0 saturated carbocycles. The molecule has 1 aromatic heterocycles. The van der Waals surface area contributed by atoms with Crippen LogP contribution in [0.2, 0.25) is 0 Å². The molecule has 28 heavy (non-hydrogen) atoms. The fourth-order valence-electron chi connectivity index (χ4n) is 3.72. The van der Waals surface area contributed by atoms with Crippen LogP contribution in [0.25, 0.3) is 0 Å². The van der Waals surface area contributed by atoms with Crippen LogP contribution in [0, 0.1) is 0 Å². The van der Waals surface area contributed by atoms with Crippen molar-refractivity contribution in [1.29, 1.82) is 0 Å². The van der Waals surface area contributed by atoms with E-state index in [0.29, 0.717) is 11.6 Å². The number of H-pyrrole nitrogens is 1.